The normalized spacial score (nSPS) is 10.0. The number of phenols is 1. The zero-order valence-electron chi connectivity index (χ0n) is 10.1. The summed E-state index contributed by atoms with van der Waals surface area (Å²) in [6, 6.07) is 9.28. The highest BCUT2D eigenvalue weighted by molar-refractivity contribution is 6.32. The molecule has 6 heteroatoms. The molecule has 2 N–H and O–H groups in total. The van der Waals surface area contributed by atoms with E-state index in [-0.39, 0.29) is 22.4 Å². The third-order valence-electron chi connectivity index (χ3n) is 2.37. The molecule has 1 amide bonds. The number of hydrogen-bond donors (Lipinski definition) is 2. The van der Waals surface area contributed by atoms with E-state index in [1.54, 1.807) is 24.3 Å². The van der Waals surface area contributed by atoms with Crippen LogP contribution in [0.3, 0.4) is 0 Å². The first-order valence-corrected chi connectivity index (χ1v) is 5.79. The number of methoxy groups -OCH3 is 1. The Labute approximate surface area is 114 Å². The van der Waals surface area contributed by atoms with E-state index in [0.29, 0.717) is 11.6 Å². The van der Waals surface area contributed by atoms with Gasteiger partial charge in [-0.05, 0) is 24.3 Å². The Morgan fingerprint density at radius 2 is 2.16 bits per heavy atom. The number of nitrogens with zero attached hydrogens (tertiary/aromatic N) is 1. The number of amides is 1. The summed E-state index contributed by atoms with van der Waals surface area (Å²) in [4.78, 5) is 16.0. The second kappa shape index (κ2) is 5.58. The summed E-state index contributed by atoms with van der Waals surface area (Å²) >= 11 is 5.75. The van der Waals surface area contributed by atoms with Crippen molar-refractivity contribution in [3.8, 4) is 11.6 Å². The van der Waals surface area contributed by atoms with E-state index in [0.717, 1.165) is 0 Å². The number of phenolic OH excluding ortho intramolecular Hbond substituents is 1. The molecule has 0 aliphatic carbocycles. The van der Waals surface area contributed by atoms with E-state index in [1.807, 2.05) is 0 Å². The predicted molar refractivity (Wildman–Crippen MR) is 71.9 cm³/mol. The Balaban J connectivity index is 2.18. The molecule has 0 fully saturated rings. The first-order valence-electron chi connectivity index (χ1n) is 5.41. The van der Waals surface area contributed by atoms with Crippen molar-refractivity contribution in [2.75, 3.05) is 12.4 Å². The fraction of sp³-hybridized carbons (Fsp3) is 0.0769. The number of halogens is 1. The van der Waals surface area contributed by atoms with Gasteiger partial charge in [0, 0.05) is 11.8 Å². The van der Waals surface area contributed by atoms with Crippen LogP contribution >= 0.6 is 11.6 Å². The molecule has 1 heterocycles. The minimum absolute atomic E-state index is 0.0424. The van der Waals surface area contributed by atoms with Crippen LogP contribution in [-0.4, -0.2) is 23.1 Å². The molecule has 2 rings (SSSR count). The van der Waals surface area contributed by atoms with Crippen LogP contribution in [0, 0.1) is 0 Å². The second-order valence-electron chi connectivity index (χ2n) is 3.69. The number of hydrogen-bond acceptors (Lipinski definition) is 4. The molecular weight excluding hydrogens is 268 g/mol. The van der Waals surface area contributed by atoms with Crippen molar-refractivity contribution < 1.29 is 14.6 Å². The highest BCUT2D eigenvalue weighted by Crippen LogP contribution is 2.26. The molecule has 0 unspecified atom stereocenters. The van der Waals surface area contributed by atoms with Gasteiger partial charge in [0.25, 0.3) is 5.91 Å². The van der Waals surface area contributed by atoms with Gasteiger partial charge < -0.3 is 15.2 Å². The van der Waals surface area contributed by atoms with Crippen LogP contribution in [0.2, 0.25) is 5.02 Å². The van der Waals surface area contributed by atoms with Crippen LogP contribution in [0.25, 0.3) is 0 Å². The topological polar surface area (TPSA) is 71.5 Å². The number of rotatable bonds is 3. The van der Waals surface area contributed by atoms with Crippen molar-refractivity contribution in [3.63, 3.8) is 0 Å². The maximum absolute atomic E-state index is 11.9. The van der Waals surface area contributed by atoms with Gasteiger partial charge in [-0.15, -0.1) is 0 Å². The number of pyridine rings is 1. The lowest BCUT2D eigenvalue weighted by atomic mass is 10.2. The van der Waals surface area contributed by atoms with Gasteiger partial charge in [-0.25, -0.2) is 4.98 Å². The smallest absolute Gasteiger partial charge is 0.274 e. The molecular formula is C13H11ClN2O3. The summed E-state index contributed by atoms with van der Waals surface area (Å²) in [6.07, 6.45) is 0. The summed E-state index contributed by atoms with van der Waals surface area (Å²) in [5.41, 5.74) is 0.695. The summed E-state index contributed by atoms with van der Waals surface area (Å²) in [5, 5.41) is 12.1. The van der Waals surface area contributed by atoms with Crippen molar-refractivity contribution in [1.82, 2.24) is 4.98 Å². The molecule has 0 spiro atoms. The zero-order valence-corrected chi connectivity index (χ0v) is 10.8. The Morgan fingerprint density at radius 1 is 1.37 bits per heavy atom. The van der Waals surface area contributed by atoms with E-state index in [9.17, 15) is 9.90 Å². The van der Waals surface area contributed by atoms with Gasteiger partial charge in [-0.3, -0.25) is 4.79 Å². The van der Waals surface area contributed by atoms with Gasteiger partial charge >= 0.3 is 0 Å². The average Bonchev–Trinajstić information content (AvgIpc) is 2.43. The van der Waals surface area contributed by atoms with Crippen LogP contribution in [0.5, 0.6) is 11.6 Å². The van der Waals surface area contributed by atoms with Crippen LogP contribution in [0.15, 0.2) is 36.4 Å². The predicted octanol–water partition coefficient (Wildman–Crippen LogP) is 2.70. The fourth-order valence-corrected chi connectivity index (χ4v) is 1.62. The first-order chi connectivity index (χ1) is 9.10. The van der Waals surface area contributed by atoms with Crippen LogP contribution in [-0.2, 0) is 0 Å². The van der Waals surface area contributed by atoms with Gasteiger partial charge in [0.2, 0.25) is 5.88 Å². The number of carbonyl (C=O) groups excluding carboxylic acids is 1. The van der Waals surface area contributed by atoms with E-state index in [4.69, 9.17) is 16.3 Å². The molecule has 5 nitrogen and oxygen atoms in total. The maximum Gasteiger partial charge on any atom is 0.274 e. The number of nitrogens with one attached hydrogen (secondary N) is 1. The molecule has 0 radical (unpaired) electrons. The second-order valence-corrected chi connectivity index (χ2v) is 4.09. The van der Waals surface area contributed by atoms with Gasteiger partial charge in [-0.2, -0.15) is 0 Å². The van der Waals surface area contributed by atoms with Gasteiger partial charge in [-0.1, -0.05) is 17.7 Å². The van der Waals surface area contributed by atoms with Gasteiger partial charge in [0.05, 0.1) is 12.1 Å². The zero-order chi connectivity index (χ0) is 13.8. The molecule has 0 bridgehead atoms. The number of aromatic hydroxyl groups is 1. The molecule has 0 saturated heterocycles. The lowest BCUT2D eigenvalue weighted by Crippen LogP contribution is -2.13. The number of benzene rings is 1. The molecule has 19 heavy (non-hydrogen) atoms. The van der Waals surface area contributed by atoms with Crippen molar-refractivity contribution in [1.29, 1.82) is 0 Å². The molecule has 0 saturated carbocycles. The van der Waals surface area contributed by atoms with Crippen LogP contribution in [0.1, 0.15) is 10.5 Å². The SMILES string of the molecule is COc1cccc(C(=O)Nc2ccc(O)c(Cl)c2)n1. The Kier molecular flexibility index (Phi) is 3.87. The lowest BCUT2D eigenvalue weighted by Gasteiger charge is -2.06. The van der Waals surface area contributed by atoms with E-state index >= 15 is 0 Å². The Morgan fingerprint density at radius 3 is 2.84 bits per heavy atom. The van der Waals surface area contributed by atoms with E-state index in [2.05, 4.69) is 10.3 Å². The van der Waals surface area contributed by atoms with Gasteiger partial charge in [0.1, 0.15) is 11.4 Å². The van der Waals surface area contributed by atoms with Crippen molar-refractivity contribution in [2.24, 2.45) is 0 Å². The Hall–Kier alpha value is -2.27. The fourth-order valence-electron chi connectivity index (χ4n) is 1.43. The van der Waals surface area contributed by atoms with Crippen LogP contribution < -0.4 is 10.1 Å². The van der Waals surface area contributed by atoms with E-state index < -0.39 is 0 Å². The molecule has 0 aliphatic heterocycles. The molecule has 0 atom stereocenters. The number of carbonyl (C=O) groups is 1. The molecule has 2 aromatic rings. The molecule has 1 aromatic heterocycles. The quantitative estimate of drug-likeness (QED) is 0.847. The van der Waals surface area contributed by atoms with Crippen LogP contribution in [0.4, 0.5) is 5.69 Å². The minimum Gasteiger partial charge on any atom is -0.506 e. The minimum atomic E-state index is -0.388. The van der Waals surface area contributed by atoms with Crippen molar-refractivity contribution in [2.45, 2.75) is 0 Å². The van der Waals surface area contributed by atoms with Gasteiger partial charge in [0.15, 0.2) is 0 Å². The summed E-state index contributed by atoms with van der Waals surface area (Å²) in [5.74, 6) is -0.0729. The number of aromatic nitrogens is 1. The third kappa shape index (κ3) is 3.14. The number of anilines is 1. The summed E-state index contributed by atoms with van der Waals surface area (Å²) < 4.78 is 4.94. The highest BCUT2D eigenvalue weighted by atomic mass is 35.5. The standard InChI is InChI=1S/C13H11ClN2O3/c1-19-12-4-2-3-10(16-12)13(18)15-8-5-6-11(17)9(14)7-8/h2-7,17H,1H3,(H,15,18). The third-order valence-corrected chi connectivity index (χ3v) is 2.67. The largest absolute Gasteiger partial charge is 0.506 e. The summed E-state index contributed by atoms with van der Waals surface area (Å²) in [7, 11) is 1.48. The maximum atomic E-state index is 11.9. The molecule has 1 aromatic carbocycles. The highest BCUT2D eigenvalue weighted by Gasteiger charge is 2.09. The molecule has 0 aliphatic rings. The lowest BCUT2D eigenvalue weighted by molar-refractivity contribution is 0.102. The Bertz CT molecular complexity index is 617. The average molecular weight is 279 g/mol. The monoisotopic (exact) mass is 278 g/mol. The van der Waals surface area contributed by atoms with Crippen molar-refractivity contribution >= 4 is 23.2 Å². The summed E-state index contributed by atoms with van der Waals surface area (Å²) in [6.45, 7) is 0. The molecule has 98 valence electrons. The first kappa shape index (κ1) is 13.2. The van der Waals surface area contributed by atoms with Crippen molar-refractivity contribution in [3.05, 3.63) is 47.1 Å². The number of ether oxygens (including phenoxy) is 1. The van der Waals surface area contributed by atoms with E-state index in [1.165, 1.54) is 19.2 Å².